The summed E-state index contributed by atoms with van der Waals surface area (Å²) in [5.74, 6) is -0.438. The number of nitrogen functional groups attached to an aromatic ring is 1. The average molecular weight is 575 g/mol. The van der Waals surface area contributed by atoms with Crippen LogP contribution in [0.15, 0.2) is 12.7 Å². The highest BCUT2D eigenvalue weighted by atomic mass is 31.2. The van der Waals surface area contributed by atoms with Crippen LogP contribution in [0, 0.1) is 0 Å². The van der Waals surface area contributed by atoms with Crippen molar-refractivity contribution in [3.8, 4) is 0 Å². The van der Waals surface area contributed by atoms with Gasteiger partial charge in [-0.05, 0) is 0 Å². The molecule has 9 atom stereocenters. The number of amides is 3. The molecular weight excluding hydrogens is 549 g/mol. The largest absolute Gasteiger partial charge is 0.472 e. The highest BCUT2D eigenvalue weighted by Gasteiger charge is 2.51. The Morgan fingerprint density at radius 2 is 1.85 bits per heavy atom. The number of aliphatic hydroxyl groups is 4. The average Bonchev–Trinajstić information content (AvgIpc) is 3.53. The molecule has 3 unspecified atom stereocenters. The number of rotatable bonds is 8. The number of ether oxygens (including phenoxy) is 2. The van der Waals surface area contributed by atoms with Gasteiger partial charge in [-0.25, -0.2) is 24.3 Å². The van der Waals surface area contributed by atoms with Crippen molar-refractivity contribution in [1.29, 1.82) is 0 Å². The Kier molecular flexibility index (Phi) is 7.55. The Hall–Kier alpha value is -2.84. The molecule has 3 saturated heterocycles. The molecule has 5 heterocycles. The van der Waals surface area contributed by atoms with E-state index < -0.39 is 82.1 Å². The summed E-state index contributed by atoms with van der Waals surface area (Å²) in [5, 5.41) is 43.3. The lowest BCUT2D eigenvalue weighted by Gasteiger charge is -2.32. The van der Waals surface area contributed by atoms with Gasteiger partial charge in [0.05, 0.1) is 19.5 Å². The fraction of sp³-hybridized carbons (Fsp3) is 0.632. The van der Waals surface area contributed by atoms with Gasteiger partial charge < -0.3 is 40.5 Å². The quantitative estimate of drug-likeness (QED) is 0.151. The second kappa shape index (κ2) is 10.6. The maximum atomic E-state index is 12.7. The van der Waals surface area contributed by atoms with Gasteiger partial charge in [-0.2, -0.15) is 0 Å². The first kappa shape index (κ1) is 27.7. The fourth-order valence-corrected chi connectivity index (χ4v) is 5.54. The van der Waals surface area contributed by atoms with E-state index in [-0.39, 0.29) is 29.9 Å². The molecule has 3 aliphatic heterocycles. The second-order valence-corrected chi connectivity index (χ2v) is 10.4. The number of anilines is 1. The van der Waals surface area contributed by atoms with Crippen LogP contribution in [-0.4, -0.2) is 124 Å². The molecule has 0 radical (unpaired) electrons. The number of nitrogens with zero attached hydrogens (tertiary/aromatic N) is 5. The van der Waals surface area contributed by atoms with Crippen LogP contribution in [0.4, 0.5) is 10.6 Å². The maximum Gasteiger partial charge on any atom is 0.472 e. The topological polar surface area (TPSA) is 274 Å². The van der Waals surface area contributed by atoms with E-state index in [4.69, 9.17) is 24.3 Å². The lowest BCUT2D eigenvalue weighted by atomic mass is 10.1. The van der Waals surface area contributed by atoms with Crippen molar-refractivity contribution in [3.05, 3.63) is 12.7 Å². The number of hydrogen-bond acceptors (Lipinski definition) is 15. The van der Waals surface area contributed by atoms with Crippen molar-refractivity contribution in [2.45, 2.75) is 55.5 Å². The molecule has 8 N–H and O–H groups in total. The smallest absolute Gasteiger partial charge is 0.394 e. The van der Waals surface area contributed by atoms with E-state index in [1.807, 2.05) is 0 Å². The number of nitrogens with two attached hydrogens (primary N) is 1. The summed E-state index contributed by atoms with van der Waals surface area (Å²) in [5.41, 5.74) is 6.19. The Morgan fingerprint density at radius 1 is 1.10 bits per heavy atom. The molecule has 39 heavy (non-hydrogen) atoms. The third kappa shape index (κ3) is 5.21. The van der Waals surface area contributed by atoms with Gasteiger partial charge in [0.2, 0.25) is 5.91 Å². The number of phosphoric acid groups is 1. The van der Waals surface area contributed by atoms with Crippen LogP contribution in [0.3, 0.4) is 0 Å². The molecular formula is C19H26N7O12P. The zero-order valence-corrected chi connectivity index (χ0v) is 20.9. The van der Waals surface area contributed by atoms with Crippen molar-refractivity contribution in [2.75, 3.05) is 25.5 Å². The van der Waals surface area contributed by atoms with E-state index in [0.717, 1.165) is 4.90 Å². The Morgan fingerprint density at radius 3 is 2.56 bits per heavy atom. The number of aromatic nitrogens is 4. The molecule has 5 rings (SSSR count). The molecule has 0 aromatic carbocycles. The minimum atomic E-state index is -4.99. The number of carbonyl (C=O) groups is 2. The zero-order chi connectivity index (χ0) is 28.1. The lowest BCUT2D eigenvalue weighted by molar-refractivity contribution is -0.125. The molecule has 3 aliphatic rings. The zero-order valence-electron chi connectivity index (χ0n) is 20.0. The van der Waals surface area contributed by atoms with Crippen molar-refractivity contribution in [1.82, 2.24) is 29.7 Å². The van der Waals surface area contributed by atoms with Gasteiger partial charge in [0, 0.05) is 13.0 Å². The normalized spacial score (nSPS) is 34.9. The number of phosphoric ester groups is 1. The molecule has 3 amide bonds. The number of imidazole rings is 1. The number of hydrogen-bond donors (Lipinski definition) is 7. The summed E-state index contributed by atoms with van der Waals surface area (Å²) in [6.07, 6.45) is -9.27. The summed E-state index contributed by atoms with van der Waals surface area (Å²) in [4.78, 5) is 46.7. The predicted octanol–water partition coefficient (Wildman–Crippen LogP) is -3.45. The standard InChI is InChI=1S/C19H26N7O12P/c20-15-10-16(22-5-21-15)26(6-23-10)18-13(31)14(7(3-27)36-18)38-39(33,34)35-4-8-11(29)12(30)17(37-8)25-2-1-9(28)24-19(25)32/h5-8,11-14,17-18,27,29-31H,1-4H2,(H,33,34)(H2,20,21,22)(H,24,28,32)/t7-,8-,11+,12?,13?,14+,17-,18-/m1/s1. The van der Waals surface area contributed by atoms with Gasteiger partial charge in [0.15, 0.2) is 23.9 Å². The maximum absolute atomic E-state index is 12.7. The minimum absolute atomic E-state index is 0.0523. The minimum Gasteiger partial charge on any atom is -0.394 e. The summed E-state index contributed by atoms with van der Waals surface area (Å²) >= 11 is 0. The summed E-state index contributed by atoms with van der Waals surface area (Å²) in [7, 11) is -4.99. The summed E-state index contributed by atoms with van der Waals surface area (Å²) in [6.45, 7) is -1.56. The predicted molar refractivity (Wildman–Crippen MR) is 123 cm³/mol. The number of imide groups is 1. The first-order valence-electron chi connectivity index (χ1n) is 11.7. The van der Waals surface area contributed by atoms with Gasteiger partial charge in [0.25, 0.3) is 0 Å². The number of nitrogens with one attached hydrogen (secondary N) is 1. The first-order chi connectivity index (χ1) is 18.5. The van der Waals surface area contributed by atoms with Crippen molar-refractivity contribution in [2.24, 2.45) is 0 Å². The Bertz CT molecular complexity index is 1300. The van der Waals surface area contributed by atoms with E-state index in [0.29, 0.717) is 0 Å². The number of urea groups is 1. The second-order valence-electron chi connectivity index (χ2n) is 9.00. The molecule has 0 spiro atoms. The highest BCUT2D eigenvalue weighted by Crippen LogP contribution is 2.49. The van der Waals surface area contributed by atoms with Gasteiger partial charge in [-0.3, -0.25) is 28.6 Å². The summed E-state index contributed by atoms with van der Waals surface area (Å²) in [6, 6.07) is -0.833. The van der Waals surface area contributed by atoms with Crippen LogP contribution < -0.4 is 11.1 Å². The van der Waals surface area contributed by atoms with E-state index in [1.165, 1.54) is 17.2 Å². The van der Waals surface area contributed by atoms with Gasteiger partial charge in [-0.1, -0.05) is 0 Å². The van der Waals surface area contributed by atoms with E-state index in [9.17, 15) is 39.5 Å². The molecule has 3 fully saturated rings. The number of fused-ring (bicyclic) bond motifs is 1. The van der Waals surface area contributed by atoms with Crippen molar-refractivity contribution < 1.29 is 58.0 Å². The van der Waals surface area contributed by atoms with Crippen LogP contribution in [0.1, 0.15) is 12.6 Å². The Balaban J connectivity index is 1.23. The molecule has 2 aromatic rings. The van der Waals surface area contributed by atoms with Crippen molar-refractivity contribution >= 4 is 36.7 Å². The fourth-order valence-electron chi connectivity index (χ4n) is 4.58. The molecule has 214 valence electrons. The number of aliphatic hydroxyl groups excluding tert-OH is 4. The summed E-state index contributed by atoms with van der Waals surface area (Å²) < 4.78 is 35.2. The van der Waals surface area contributed by atoms with Crippen LogP contribution >= 0.6 is 7.82 Å². The van der Waals surface area contributed by atoms with E-state index in [1.54, 1.807) is 0 Å². The lowest BCUT2D eigenvalue weighted by Crippen LogP contribution is -2.56. The molecule has 0 bridgehead atoms. The van der Waals surface area contributed by atoms with Gasteiger partial charge in [0.1, 0.15) is 48.5 Å². The van der Waals surface area contributed by atoms with Crippen LogP contribution in [0.5, 0.6) is 0 Å². The SMILES string of the molecule is Nc1ncnc2c1ncn2[C@@H]1O[C@H](CO)[C@H](OP(=O)(O)OC[C@H]2O[C@@H](N3CCC(=O)NC3=O)C(O)[C@H]2O)C1O. The van der Waals surface area contributed by atoms with Gasteiger partial charge in [-0.15, -0.1) is 0 Å². The van der Waals surface area contributed by atoms with Crippen LogP contribution in [0.25, 0.3) is 11.2 Å². The van der Waals surface area contributed by atoms with Crippen LogP contribution in [0.2, 0.25) is 0 Å². The monoisotopic (exact) mass is 575 g/mol. The number of carbonyl (C=O) groups excluding carboxylic acids is 2. The third-order valence-corrected chi connectivity index (χ3v) is 7.52. The molecule has 0 saturated carbocycles. The third-order valence-electron chi connectivity index (χ3n) is 6.54. The molecule has 20 heteroatoms. The van der Waals surface area contributed by atoms with Crippen LogP contribution in [-0.2, 0) is 27.9 Å². The van der Waals surface area contributed by atoms with Crippen molar-refractivity contribution in [3.63, 3.8) is 0 Å². The Labute approximate surface area is 218 Å². The molecule has 2 aromatic heterocycles. The molecule has 0 aliphatic carbocycles. The highest BCUT2D eigenvalue weighted by molar-refractivity contribution is 7.47. The first-order valence-corrected chi connectivity index (χ1v) is 13.2. The van der Waals surface area contributed by atoms with Gasteiger partial charge >= 0.3 is 13.9 Å². The van der Waals surface area contributed by atoms with E-state index >= 15 is 0 Å². The molecule has 19 nitrogen and oxygen atoms in total. The van der Waals surface area contributed by atoms with E-state index in [2.05, 4.69) is 20.3 Å².